The number of alkyl halides is 3. The van der Waals surface area contributed by atoms with Crippen LogP contribution in [0.4, 0.5) is 13.2 Å². The molecule has 0 aliphatic rings. The van der Waals surface area contributed by atoms with E-state index < -0.39 is 14.6 Å². The van der Waals surface area contributed by atoms with Crippen LogP contribution < -0.4 is 11.5 Å². The van der Waals surface area contributed by atoms with Crippen LogP contribution in [0.25, 0.3) is 0 Å². The summed E-state index contributed by atoms with van der Waals surface area (Å²) < 4.78 is 36.6. The third kappa shape index (κ3) is 4.73. The smallest absolute Gasteiger partial charge is 0.331 e. The largest absolute Gasteiger partial charge is 0.358 e. The molecular weight excluding hydrogens is 185 g/mol. The van der Waals surface area contributed by atoms with E-state index in [1.807, 2.05) is 0 Å². The fraction of sp³-hybridized carbons (Fsp3) is 1.00. The predicted octanol–water partition coefficient (Wildman–Crippen LogP) is 0.623. The monoisotopic (exact) mass is 200 g/mol. The molecule has 74 valence electrons. The van der Waals surface area contributed by atoms with E-state index >= 15 is 0 Å². The average Bonchev–Trinajstić information content (AvgIpc) is 1.95. The lowest BCUT2D eigenvalue weighted by atomic mass is 10.5. The second-order valence-corrected chi connectivity index (χ2v) is 5.95. The van der Waals surface area contributed by atoms with Crippen LogP contribution >= 0.6 is 0 Å². The van der Waals surface area contributed by atoms with E-state index in [1.165, 1.54) is 0 Å². The highest BCUT2D eigenvalue weighted by Gasteiger charge is 2.39. The van der Waals surface area contributed by atoms with Crippen molar-refractivity contribution >= 4 is 8.80 Å². The minimum absolute atomic E-state index is 0.140. The molecule has 0 heterocycles. The molecule has 0 aromatic rings. The Morgan fingerprint density at radius 3 is 1.92 bits per heavy atom. The third-order valence-corrected chi connectivity index (χ3v) is 4.80. The molecule has 2 nitrogen and oxygen atoms in total. The van der Waals surface area contributed by atoms with Gasteiger partial charge in [0.15, 0.2) is 8.80 Å². The van der Waals surface area contributed by atoms with E-state index in [0.717, 1.165) is 0 Å². The van der Waals surface area contributed by atoms with Crippen LogP contribution in [0, 0.1) is 0 Å². The lowest BCUT2D eigenvalue weighted by Crippen LogP contribution is -2.35. The Balaban J connectivity index is 3.86. The molecule has 1 unspecified atom stereocenters. The van der Waals surface area contributed by atoms with Crippen LogP contribution in [0.3, 0.4) is 0 Å². The molecule has 0 rings (SSSR count). The summed E-state index contributed by atoms with van der Waals surface area (Å²) in [7, 11) is -2.64. The first-order valence-corrected chi connectivity index (χ1v) is 6.20. The molecule has 0 saturated carbocycles. The van der Waals surface area contributed by atoms with Gasteiger partial charge in [0.2, 0.25) is 0 Å². The highest BCUT2D eigenvalue weighted by atomic mass is 28.3. The van der Waals surface area contributed by atoms with E-state index in [9.17, 15) is 13.2 Å². The minimum Gasteiger partial charge on any atom is -0.331 e. The Kier molecular flexibility index (Phi) is 5.52. The van der Waals surface area contributed by atoms with Crippen LogP contribution in [0.1, 0.15) is 6.42 Å². The lowest BCUT2D eigenvalue weighted by molar-refractivity contribution is -0.0522. The van der Waals surface area contributed by atoms with Crippen molar-refractivity contribution in [2.24, 2.45) is 11.5 Å². The van der Waals surface area contributed by atoms with Gasteiger partial charge in [-0.15, -0.1) is 0 Å². The Hall–Kier alpha value is -0.0731. The SMILES string of the molecule is NCCC[SiH](CCN)C(F)(F)F. The maximum Gasteiger partial charge on any atom is 0.358 e. The average molecular weight is 200 g/mol. The van der Waals surface area contributed by atoms with Crippen LogP contribution in [-0.4, -0.2) is 27.7 Å². The van der Waals surface area contributed by atoms with Gasteiger partial charge in [-0.1, -0.05) is 6.04 Å². The predicted molar refractivity (Wildman–Crippen MR) is 45.5 cm³/mol. The Morgan fingerprint density at radius 1 is 1.00 bits per heavy atom. The summed E-state index contributed by atoms with van der Waals surface area (Å²) in [6, 6.07) is 0.376. The summed E-state index contributed by atoms with van der Waals surface area (Å²) in [5.41, 5.74) is 10.2. The molecule has 0 bridgehead atoms. The molecule has 1 atom stereocenters. The van der Waals surface area contributed by atoms with Crippen molar-refractivity contribution in [1.29, 1.82) is 0 Å². The van der Waals surface area contributed by atoms with Gasteiger partial charge in [0, 0.05) is 0 Å². The Morgan fingerprint density at radius 2 is 1.58 bits per heavy atom. The second-order valence-electron chi connectivity index (χ2n) is 2.75. The lowest BCUT2D eigenvalue weighted by Gasteiger charge is -2.17. The molecular formula is C6H15F3N2Si. The van der Waals surface area contributed by atoms with Crippen LogP contribution in [-0.2, 0) is 0 Å². The van der Waals surface area contributed by atoms with Crippen LogP contribution in [0.15, 0.2) is 0 Å². The topological polar surface area (TPSA) is 52.0 Å². The first-order chi connectivity index (χ1) is 5.52. The minimum atomic E-state index is -3.98. The van der Waals surface area contributed by atoms with Crippen molar-refractivity contribution in [3.8, 4) is 0 Å². The molecule has 0 aliphatic carbocycles. The zero-order valence-corrected chi connectivity index (χ0v) is 8.06. The first-order valence-electron chi connectivity index (χ1n) is 3.99. The van der Waals surface area contributed by atoms with Gasteiger partial charge in [-0.25, -0.2) is 0 Å². The van der Waals surface area contributed by atoms with Crippen molar-refractivity contribution in [2.45, 2.75) is 24.3 Å². The molecule has 0 aromatic carbocycles. The Bertz CT molecular complexity index is 118. The number of hydrogen-bond acceptors (Lipinski definition) is 2. The van der Waals surface area contributed by atoms with Gasteiger partial charge >= 0.3 is 5.80 Å². The van der Waals surface area contributed by atoms with Gasteiger partial charge in [0.05, 0.1) is 0 Å². The summed E-state index contributed by atoms with van der Waals surface area (Å²) in [5, 5.41) is 0. The maximum absolute atomic E-state index is 12.2. The zero-order valence-electron chi connectivity index (χ0n) is 6.90. The number of halogens is 3. The number of rotatable bonds is 5. The van der Waals surface area contributed by atoms with E-state index in [2.05, 4.69) is 0 Å². The molecule has 0 aliphatic heterocycles. The van der Waals surface area contributed by atoms with Crippen molar-refractivity contribution in [1.82, 2.24) is 0 Å². The molecule has 6 heteroatoms. The van der Waals surface area contributed by atoms with Gasteiger partial charge in [-0.2, -0.15) is 13.2 Å². The van der Waals surface area contributed by atoms with E-state index in [0.29, 0.717) is 13.0 Å². The highest BCUT2D eigenvalue weighted by molar-refractivity contribution is 6.61. The molecule has 0 fully saturated rings. The van der Waals surface area contributed by atoms with Gasteiger partial charge in [-0.3, -0.25) is 0 Å². The fourth-order valence-electron chi connectivity index (χ4n) is 1.04. The first kappa shape index (κ1) is 11.9. The summed E-state index contributed by atoms with van der Waals surface area (Å²) >= 11 is 0. The van der Waals surface area contributed by atoms with Gasteiger partial charge in [0.1, 0.15) is 0 Å². The van der Waals surface area contributed by atoms with E-state index in [4.69, 9.17) is 11.5 Å². The molecule has 12 heavy (non-hydrogen) atoms. The molecule has 0 amide bonds. The van der Waals surface area contributed by atoms with Crippen LogP contribution in [0.2, 0.25) is 12.1 Å². The van der Waals surface area contributed by atoms with Crippen molar-refractivity contribution < 1.29 is 13.2 Å². The van der Waals surface area contributed by atoms with Crippen molar-refractivity contribution in [3.05, 3.63) is 0 Å². The molecule has 0 radical (unpaired) electrons. The third-order valence-electron chi connectivity index (χ3n) is 1.73. The van der Waals surface area contributed by atoms with Gasteiger partial charge in [-0.05, 0) is 25.6 Å². The van der Waals surface area contributed by atoms with Crippen molar-refractivity contribution in [3.63, 3.8) is 0 Å². The number of nitrogens with two attached hydrogens (primary N) is 2. The van der Waals surface area contributed by atoms with Gasteiger partial charge in [0.25, 0.3) is 0 Å². The summed E-state index contributed by atoms with van der Waals surface area (Å²) in [6.07, 6.45) is 0.469. The summed E-state index contributed by atoms with van der Waals surface area (Å²) in [6.45, 7) is 0.477. The highest BCUT2D eigenvalue weighted by Crippen LogP contribution is 2.24. The quantitative estimate of drug-likeness (QED) is 0.639. The maximum atomic E-state index is 12.2. The van der Waals surface area contributed by atoms with Crippen LogP contribution in [0.5, 0.6) is 0 Å². The molecule has 0 spiro atoms. The van der Waals surface area contributed by atoms with E-state index in [-0.39, 0.29) is 18.6 Å². The van der Waals surface area contributed by atoms with Gasteiger partial charge < -0.3 is 11.5 Å². The number of hydrogen-bond donors (Lipinski definition) is 2. The zero-order chi connectivity index (χ0) is 9.61. The second kappa shape index (κ2) is 5.55. The van der Waals surface area contributed by atoms with E-state index in [1.54, 1.807) is 0 Å². The summed E-state index contributed by atoms with van der Waals surface area (Å²) in [4.78, 5) is 0. The summed E-state index contributed by atoms with van der Waals surface area (Å²) in [5.74, 6) is -3.98. The normalized spacial score (nSPS) is 14.8. The molecule has 4 N–H and O–H groups in total. The molecule has 0 saturated heterocycles. The standard InChI is InChI=1S/C6H15F3N2Si/c7-6(8,9)12(5-3-11)4-1-2-10/h12H,1-5,10-11H2. The Labute approximate surface area is 71.7 Å². The fourth-order valence-corrected chi connectivity index (χ4v) is 3.11. The molecule has 0 aromatic heterocycles. The van der Waals surface area contributed by atoms with Crippen molar-refractivity contribution in [2.75, 3.05) is 13.1 Å².